The highest BCUT2D eigenvalue weighted by atomic mass is 19.1. The van der Waals surface area contributed by atoms with E-state index in [2.05, 4.69) is 25.7 Å². The van der Waals surface area contributed by atoms with E-state index in [-0.39, 0.29) is 18.4 Å². The number of carbonyl (C=O) groups excluding carboxylic acids is 1. The highest BCUT2D eigenvalue weighted by Gasteiger charge is 2.39. The van der Waals surface area contributed by atoms with Crippen molar-refractivity contribution in [3.05, 3.63) is 30.3 Å². The van der Waals surface area contributed by atoms with E-state index in [0.717, 1.165) is 57.4 Å². The number of nitrogens with zero attached hydrogens (tertiary/aromatic N) is 2. The summed E-state index contributed by atoms with van der Waals surface area (Å²) in [4.78, 5) is 17.3. The molecule has 28 heavy (non-hydrogen) atoms. The second-order valence-corrected chi connectivity index (χ2v) is 10.0. The van der Waals surface area contributed by atoms with Gasteiger partial charge in [-0.15, -0.1) is 0 Å². The van der Waals surface area contributed by atoms with Gasteiger partial charge in [-0.25, -0.2) is 4.39 Å². The zero-order valence-corrected chi connectivity index (χ0v) is 17.9. The van der Waals surface area contributed by atoms with Gasteiger partial charge >= 0.3 is 0 Å². The van der Waals surface area contributed by atoms with E-state index < -0.39 is 5.67 Å². The lowest BCUT2D eigenvalue weighted by Crippen LogP contribution is -2.51. The van der Waals surface area contributed by atoms with E-state index >= 15 is 4.39 Å². The number of anilines is 1. The summed E-state index contributed by atoms with van der Waals surface area (Å²) in [6.07, 6.45) is 6.27. The third kappa shape index (κ3) is 5.79. The van der Waals surface area contributed by atoms with E-state index in [9.17, 15) is 4.79 Å². The fraction of sp³-hybridized carbons (Fsp3) is 0.708. The summed E-state index contributed by atoms with van der Waals surface area (Å²) in [6, 6.07) is 9.69. The van der Waals surface area contributed by atoms with E-state index in [1.165, 1.54) is 0 Å². The summed E-state index contributed by atoms with van der Waals surface area (Å²) < 4.78 is 15.8. The lowest BCUT2D eigenvalue weighted by atomic mass is 9.89. The zero-order valence-electron chi connectivity index (χ0n) is 17.9. The Bertz CT molecular complexity index is 626. The average Bonchev–Trinajstić information content (AvgIpc) is 3.20. The van der Waals surface area contributed by atoms with Crippen molar-refractivity contribution in [2.24, 2.45) is 11.3 Å². The number of hydrogen-bond acceptors (Lipinski definition) is 2. The van der Waals surface area contributed by atoms with Gasteiger partial charge in [-0.1, -0.05) is 51.8 Å². The summed E-state index contributed by atoms with van der Waals surface area (Å²) in [7, 11) is 0. The average molecular weight is 389 g/mol. The molecule has 1 aliphatic carbocycles. The van der Waals surface area contributed by atoms with Gasteiger partial charge in [0.1, 0.15) is 5.67 Å². The fourth-order valence-corrected chi connectivity index (χ4v) is 4.41. The first-order valence-corrected chi connectivity index (χ1v) is 11.0. The third-order valence-electron chi connectivity index (χ3n) is 6.41. The maximum atomic E-state index is 15.8. The third-order valence-corrected chi connectivity index (χ3v) is 6.41. The van der Waals surface area contributed by atoms with Crippen molar-refractivity contribution in [3.8, 4) is 0 Å². The van der Waals surface area contributed by atoms with E-state index in [1.54, 1.807) is 4.90 Å². The van der Waals surface area contributed by atoms with Crippen LogP contribution in [0.5, 0.6) is 0 Å². The Balaban J connectivity index is 1.64. The second-order valence-electron chi connectivity index (χ2n) is 10.0. The van der Waals surface area contributed by atoms with Gasteiger partial charge in [0, 0.05) is 24.7 Å². The first-order valence-electron chi connectivity index (χ1n) is 11.0. The molecule has 1 aromatic carbocycles. The quantitative estimate of drug-likeness (QED) is 0.647. The van der Waals surface area contributed by atoms with Gasteiger partial charge in [-0.3, -0.25) is 4.79 Å². The Morgan fingerprint density at radius 3 is 2.32 bits per heavy atom. The smallest absolute Gasteiger partial charge is 0.230 e. The standard InChI is InChI=1S/C24H37FN2O/c1-23(2,3)13-16-26-17-14-24(25,15-18-26)19-27(21-11-5-4-6-12-21)22(28)20-9-7-8-10-20/h4-6,11-12,20H,7-10,13-19H2,1-3H3. The molecule has 0 radical (unpaired) electrons. The van der Waals surface area contributed by atoms with Crippen molar-refractivity contribution in [2.45, 2.75) is 71.4 Å². The van der Waals surface area contributed by atoms with Crippen molar-refractivity contribution in [1.29, 1.82) is 0 Å². The molecule has 156 valence electrons. The molecule has 1 aliphatic heterocycles. The minimum atomic E-state index is -1.29. The van der Waals surface area contributed by atoms with Gasteiger partial charge in [0.05, 0.1) is 6.54 Å². The SMILES string of the molecule is CC(C)(C)CCN1CCC(F)(CN(C(=O)C2CCCC2)c2ccccc2)CC1. The highest BCUT2D eigenvalue weighted by Crippen LogP contribution is 2.33. The van der Waals surface area contributed by atoms with Crippen LogP contribution in [0.3, 0.4) is 0 Å². The van der Waals surface area contributed by atoms with Crippen LogP contribution < -0.4 is 4.90 Å². The molecule has 0 aromatic heterocycles. The van der Waals surface area contributed by atoms with Gasteiger partial charge in [0.2, 0.25) is 5.91 Å². The van der Waals surface area contributed by atoms with E-state index in [4.69, 9.17) is 0 Å². The molecule has 0 N–H and O–H groups in total. The number of para-hydroxylation sites is 1. The van der Waals surface area contributed by atoms with Gasteiger partial charge in [-0.2, -0.15) is 0 Å². The molecule has 0 bridgehead atoms. The molecule has 3 rings (SSSR count). The van der Waals surface area contributed by atoms with E-state index in [0.29, 0.717) is 18.3 Å². The number of alkyl halides is 1. The summed E-state index contributed by atoms with van der Waals surface area (Å²) in [5.74, 6) is 0.187. The van der Waals surface area contributed by atoms with E-state index in [1.807, 2.05) is 30.3 Å². The van der Waals surface area contributed by atoms with Crippen LogP contribution >= 0.6 is 0 Å². The van der Waals surface area contributed by atoms with Crippen LogP contribution in [0.1, 0.15) is 65.7 Å². The highest BCUT2D eigenvalue weighted by molar-refractivity contribution is 5.95. The van der Waals surface area contributed by atoms with Gasteiger partial charge in [0.25, 0.3) is 0 Å². The van der Waals surface area contributed by atoms with Crippen molar-refractivity contribution < 1.29 is 9.18 Å². The van der Waals surface area contributed by atoms with Gasteiger partial charge in [-0.05, 0) is 56.2 Å². The molecule has 0 atom stereocenters. The van der Waals surface area contributed by atoms with Gasteiger partial charge in [0.15, 0.2) is 0 Å². The van der Waals surface area contributed by atoms with Crippen molar-refractivity contribution in [3.63, 3.8) is 0 Å². The maximum Gasteiger partial charge on any atom is 0.230 e. The Labute approximate surface area is 170 Å². The Morgan fingerprint density at radius 1 is 1.14 bits per heavy atom. The molecule has 3 nitrogen and oxygen atoms in total. The minimum absolute atomic E-state index is 0.0654. The summed E-state index contributed by atoms with van der Waals surface area (Å²) in [5, 5.41) is 0. The summed E-state index contributed by atoms with van der Waals surface area (Å²) in [6.45, 7) is 9.55. The first kappa shape index (κ1) is 21.3. The van der Waals surface area contributed by atoms with Crippen LogP contribution in [0.4, 0.5) is 10.1 Å². The molecule has 4 heteroatoms. The van der Waals surface area contributed by atoms with Crippen LogP contribution in [0.15, 0.2) is 30.3 Å². The Morgan fingerprint density at radius 2 is 1.75 bits per heavy atom. The lowest BCUT2D eigenvalue weighted by molar-refractivity contribution is -0.122. The van der Waals surface area contributed by atoms with Crippen LogP contribution in [-0.4, -0.2) is 42.7 Å². The maximum absolute atomic E-state index is 15.8. The van der Waals surface area contributed by atoms with Crippen LogP contribution in [0, 0.1) is 11.3 Å². The molecule has 0 spiro atoms. The summed E-state index contributed by atoms with van der Waals surface area (Å²) >= 11 is 0. The van der Waals surface area contributed by atoms with Crippen molar-refractivity contribution in [2.75, 3.05) is 31.1 Å². The number of halogens is 1. The molecule has 0 unspecified atom stereocenters. The minimum Gasteiger partial charge on any atom is -0.309 e. The van der Waals surface area contributed by atoms with Crippen LogP contribution in [0.25, 0.3) is 0 Å². The number of amides is 1. The molecule has 1 aromatic rings. The number of likely N-dealkylation sites (tertiary alicyclic amines) is 1. The normalized spacial score (nSPS) is 21.0. The molecular weight excluding hydrogens is 351 g/mol. The van der Waals surface area contributed by atoms with Crippen LogP contribution in [-0.2, 0) is 4.79 Å². The lowest BCUT2D eigenvalue weighted by Gasteiger charge is -2.40. The Hall–Kier alpha value is -1.42. The number of piperidine rings is 1. The largest absolute Gasteiger partial charge is 0.309 e. The number of benzene rings is 1. The number of hydrogen-bond donors (Lipinski definition) is 0. The van der Waals surface area contributed by atoms with Crippen LogP contribution in [0.2, 0.25) is 0 Å². The monoisotopic (exact) mass is 388 g/mol. The zero-order chi connectivity index (χ0) is 20.2. The molecule has 1 saturated heterocycles. The predicted molar refractivity (Wildman–Crippen MR) is 114 cm³/mol. The molecule has 2 fully saturated rings. The Kier molecular flexibility index (Phi) is 6.80. The molecule has 2 aliphatic rings. The van der Waals surface area contributed by atoms with Gasteiger partial charge < -0.3 is 9.80 Å². The number of carbonyl (C=O) groups is 1. The van der Waals surface area contributed by atoms with Crippen molar-refractivity contribution in [1.82, 2.24) is 4.90 Å². The molecule has 1 saturated carbocycles. The second kappa shape index (κ2) is 8.94. The topological polar surface area (TPSA) is 23.6 Å². The van der Waals surface area contributed by atoms with Crippen molar-refractivity contribution >= 4 is 11.6 Å². The molecular formula is C24H37FN2O. The number of rotatable bonds is 6. The summed E-state index contributed by atoms with van der Waals surface area (Å²) in [5.41, 5.74) is -0.142. The molecule has 1 amide bonds. The predicted octanol–water partition coefficient (Wildman–Crippen LogP) is 5.45. The first-order chi connectivity index (χ1) is 13.3. The molecule has 1 heterocycles. The fourth-order valence-electron chi connectivity index (χ4n) is 4.41.